The third kappa shape index (κ3) is 3.53. The van der Waals surface area contributed by atoms with E-state index >= 15 is 0 Å². The second-order valence-corrected chi connectivity index (χ2v) is 4.07. The van der Waals surface area contributed by atoms with Gasteiger partial charge in [-0.25, -0.2) is 4.98 Å². The van der Waals surface area contributed by atoms with E-state index in [9.17, 15) is 4.79 Å². The second kappa shape index (κ2) is 5.97. The zero-order valence-electron chi connectivity index (χ0n) is 10.3. The molecule has 2 aromatic rings. The first-order chi connectivity index (χ1) is 9.19. The number of carbonyl (C=O) groups is 1. The minimum atomic E-state index is -0.304. The van der Waals surface area contributed by atoms with Crippen LogP contribution in [0, 0.1) is 0 Å². The molecule has 5 nitrogen and oxygen atoms in total. The molecule has 0 saturated heterocycles. The SMILES string of the molecule is Nc1cccc(C(=O)Nc2ccc(CCO)cc2)n1. The molecular weight excluding hydrogens is 242 g/mol. The normalized spacial score (nSPS) is 10.2. The van der Waals surface area contributed by atoms with Gasteiger partial charge in [0.05, 0.1) is 0 Å². The minimum absolute atomic E-state index is 0.110. The second-order valence-electron chi connectivity index (χ2n) is 4.07. The average Bonchev–Trinajstić information content (AvgIpc) is 2.41. The van der Waals surface area contributed by atoms with Gasteiger partial charge < -0.3 is 16.2 Å². The van der Waals surface area contributed by atoms with Crippen molar-refractivity contribution in [1.82, 2.24) is 4.98 Å². The fraction of sp³-hybridized carbons (Fsp3) is 0.143. The number of aromatic nitrogens is 1. The van der Waals surface area contributed by atoms with Crippen LogP contribution in [0.25, 0.3) is 0 Å². The van der Waals surface area contributed by atoms with E-state index in [-0.39, 0.29) is 18.2 Å². The predicted octanol–water partition coefficient (Wildman–Crippen LogP) is 1.45. The highest BCUT2D eigenvalue weighted by Crippen LogP contribution is 2.11. The van der Waals surface area contributed by atoms with Gasteiger partial charge in [0.2, 0.25) is 0 Å². The summed E-state index contributed by atoms with van der Waals surface area (Å²) in [6.07, 6.45) is 0.602. The highest BCUT2D eigenvalue weighted by molar-refractivity contribution is 6.03. The summed E-state index contributed by atoms with van der Waals surface area (Å²) in [6.45, 7) is 0.110. The lowest BCUT2D eigenvalue weighted by Gasteiger charge is -2.06. The third-order valence-electron chi connectivity index (χ3n) is 2.62. The van der Waals surface area contributed by atoms with Crippen molar-refractivity contribution in [3.8, 4) is 0 Å². The van der Waals surface area contributed by atoms with Crippen molar-refractivity contribution >= 4 is 17.4 Å². The van der Waals surface area contributed by atoms with Gasteiger partial charge in [0.25, 0.3) is 5.91 Å². The van der Waals surface area contributed by atoms with Crippen molar-refractivity contribution in [2.24, 2.45) is 0 Å². The van der Waals surface area contributed by atoms with Gasteiger partial charge in [-0.05, 0) is 36.2 Å². The van der Waals surface area contributed by atoms with Crippen LogP contribution in [0.5, 0.6) is 0 Å². The Labute approximate surface area is 111 Å². The molecule has 1 amide bonds. The monoisotopic (exact) mass is 257 g/mol. The molecule has 1 heterocycles. The molecule has 0 aliphatic carbocycles. The number of aliphatic hydroxyl groups is 1. The van der Waals surface area contributed by atoms with Crippen LogP contribution >= 0.6 is 0 Å². The molecule has 1 aromatic heterocycles. The lowest BCUT2D eigenvalue weighted by atomic mass is 10.1. The quantitative estimate of drug-likeness (QED) is 0.773. The zero-order chi connectivity index (χ0) is 13.7. The number of benzene rings is 1. The number of nitrogens with two attached hydrogens (primary N) is 1. The van der Waals surface area contributed by atoms with Crippen LogP contribution in [-0.4, -0.2) is 22.6 Å². The number of hydrogen-bond donors (Lipinski definition) is 3. The summed E-state index contributed by atoms with van der Waals surface area (Å²) in [4.78, 5) is 15.9. The van der Waals surface area contributed by atoms with E-state index in [0.29, 0.717) is 17.9 Å². The number of aliphatic hydroxyl groups excluding tert-OH is 1. The molecule has 5 heteroatoms. The molecule has 98 valence electrons. The summed E-state index contributed by atoms with van der Waals surface area (Å²) in [7, 11) is 0. The lowest BCUT2D eigenvalue weighted by Crippen LogP contribution is -2.14. The molecule has 0 aliphatic heterocycles. The Morgan fingerprint density at radius 2 is 1.95 bits per heavy atom. The summed E-state index contributed by atoms with van der Waals surface area (Å²) < 4.78 is 0. The Morgan fingerprint density at radius 1 is 1.21 bits per heavy atom. The maximum absolute atomic E-state index is 11.9. The number of anilines is 2. The van der Waals surface area contributed by atoms with E-state index in [1.807, 2.05) is 12.1 Å². The van der Waals surface area contributed by atoms with Crippen LogP contribution < -0.4 is 11.1 Å². The molecule has 4 N–H and O–H groups in total. The highest BCUT2D eigenvalue weighted by Gasteiger charge is 2.07. The zero-order valence-corrected chi connectivity index (χ0v) is 10.3. The molecular formula is C14H15N3O2. The topological polar surface area (TPSA) is 88.2 Å². The Bertz CT molecular complexity index is 567. The molecule has 0 bridgehead atoms. The molecule has 0 saturated carbocycles. The van der Waals surface area contributed by atoms with Crippen LogP contribution in [0.3, 0.4) is 0 Å². The molecule has 0 atom stereocenters. The molecule has 0 fully saturated rings. The van der Waals surface area contributed by atoms with Crippen LogP contribution in [0.4, 0.5) is 11.5 Å². The fourth-order valence-electron chi connectivity index (χ4n) is 1.66. The molecule has 0 spiro atoms. The first kappa shape index (κ1) is 13.0. The molecule has 2 rings (SSSR count). The number of pyridine rings is 1. The first-order valence-electron chi connectivity index (χ1n) is 5.93. The van der Waals surface area contributed by atoms with Crippen molar-refractivity contribution in [1.29, 1.82) is 0 Å². The van der Waals surface area contributed by atoms with Gasteiger partial charge in [-0.3, -0.25) is 4.79 Å². The van der Waals surface area contributed by atoms with Crippen molar-refractivity contribution in [3.63, 3.8) is 0 Å². The lowest BCUT2D eigenvalue weighted by molar-refractivity contribution is 0.102. The van der Waals surface area contributed by atoms with Crippen molar-refractivity contribution < 1.29 is 9.90 Å². The van der Waals surface area contributed by atoms with Gasteiger partial charge in [-0.15, -0.1) is 0 Å². The van der Waals surface area contributed by atoms with E-state index in [4.69, 9.17) is 10.8 Å². The van der Waals surface area contributed by atoms with Gasteiger partial charge >= 0.3 is 0 Å². The van der Waals surface area contributed by atoms with E-state index in [1.54, 1.807) is 30.3 Å². The van der Waals surface area contributed by atoms with Gasteiger partial charge in [-0.1, -0.05) is 18.2 Å². The number of nitrogens with zero attached hydrogens (tertiary/aromatic N) is 1. The number of nitrogens with one attached hydrogen (secondary N) is 1. The van der Waals surface area contributed by atoms with E-state index in [2.05, 4.69) is 10.3 Å². The largest absolute Gasteiger partial charge is 0.396 e. The molecule has 0 aliphatic rings. The summed E-state index contributed by atoms with van der Waals surface area (Å²) in [6, 6.07) is 12.2. The first-order valence-corrected chi connectivity index (χ1v) is 5.93. The van der Waals surface area contributed by atoms with Crippen LogP contribution in [0.2, 0.25) is 0 Å². The number of hydrogen-bond acceptors (Lipinski definition) is 4. The van der Waals surface area contributed by atoms with E-state index in [0.717, 1.165) is 5.56 Å². The van der Waals surface area contributed by atoms with Gasteiger partial charge in [0.15, 0.2) is 0 Å². The smallest absolute Gasteiger partial charge is 0.274 e. The van der Waals surface area contributed by atoms with E-state index in [1.165, 1.54) is 0 Å². The predicted molar refractivity (Wildman–Crippen MR) is 73.8 cm³/mol. The Balaban J connectivity index is 2.06. The van der Waals surface area contributed by atoms with Crippen molar-refractivity contribution in [2.75, 3.05) is 17.7 Å². The summed E-state index contributed by atoms with van der Waals surface area (Å²) in [5, 5.41) is 11.6. The Morgan fingerprint density at radius 3 is 2.58 bits per heavy atom. The summed E-state index contributed by atoms with van der Waals surface area (Å²) >= 11 is 0. The fourth-order valence-corrected chi connectivity index (χ4v) is 1.66. The highest BCUT2D eigenvalue weighted by atomic mass is 16.2. The average molecular weight is 257 g/mol. The number of nitrogen functional groups attached to an aromatic ring is 1. The number of rotatable bonds is 4. The Kier molecular flexibility index (Phi) is 4.10. The van der Waals surface area contributed by atoms with Gasteiger partial charge in [0.1, 0.15) is 11.5 Å². The van der Waals surface area contributed by atoms with Crippen molar-refractivity contribution in [3.05, 3.63) is 53.7 Å². The van der Waals surface area contributed by atoms with Gasteiger partial charge in [-0.2, -0.15) is 0 Å². The minimum Gasteiger partial charge on any atom is -0.396 e. The molecule has 0 unspecified atom stereocenters. The summed E-state index contributed by atoms with van der Waals surface area (Å²) in [5.41, 5.74) is 7.50. The number of amides is 1. The third-order valence-corrected chi connectivity index (χ3v) is 2.62. The van der Waals surface area contributed by atoms with E-state index < -0.39 is 0 Å². The Hall–Kier alpha value is -2.40. The standard InChI is InChI=1S/C14H15N3O2/c15-13-3-1-2-12(17-13)14(19)16-11-6-4-10(5-7-11)8-9-18/h1-7,18H,8-9H2,(H2,15,17)(H,16,19). The number of carbonyl (C=O) groups excluding carboxylic acids is 1. The molecule has 19 heavy (non-hydrogen) atoms. The summed E-state index contributed by atoms with van der Waals surface area (Å²) in [5.74, 6) is 0.00755. The molecule has 0 radical (unpaired) electrons. The maximum atomic E-state index is 11.9. The maximum Gasteiger partial charge on any atom is 0.274 e. The van der Waals surface area contributed by atoms with Crippen LogP contribution in [-0.2, 0) is 6.42 Å². The van der Waals surface area contributed by atoms with Gasteiger partial charge in [0, 0.05) is 12.3 Å². The van der Waals surface area contributed by atoms with Crippen molar-refractivity contribution in [2.45, 2.75) is 6.42 Å². The van der Waals surface area contributed by atoms with Crippen LogP contribution in [0.15, 0.2) is 42.5 Å². The molecule has 1 aromatic carbocycles. The van der Waals surface area contributed by atoms with Crippen LogP contribution in [0.1, 0.15) is 16.1 Å².